The minimum atomic E-state index is -5.67. The van der Waals surface area contributed by atoms with E-state index >= 15 is 0 Å². The third-order valence-electron chi connectivity index (χ3n) is 1.66. The van der Waals surface area contributed by atoms with Gasteiger partial charge >= 0.3 is 15.6 Å². The molecular formula is C9H8F3NO4S. The Kier molecular flexibility index (Phi) is 3.85. The van der Waals surface area contributed by atoms with Gasteiger partial charge in [0.1, 0.15) is 5.75 Å². The van der Waals surface area contributed by atoms with Crippen LogP contribution in [0.3, 0.4) is 0 Å². The number of halogens is 3. The molecule has 1 amide bonds. The fourth-order valence-corrected chi connectivity index (χ4v) is 1.43. The highest BCUT2D eigenvalue weighted by Crippen LogP contribution is 2.27. The SMILES string of the molecule is CC(=O)Nc1ccc(OS(=O)(=O)C(F)(F)F)cc1. The van der Waals surface area contributed by atoms with Crippen molar-refractivity contribution in [3.63, 3.8) is 0 Å². The molecule has 0 atom stereocenters. The van der Waals surface area contributed by atoms with Crippen molar-refractivity contribution in [3.05, 3.63) is 24.3 Å². The molecule has 18 heavy (non-hydrogen) atoms. The first-order chi connectivity index (χ1) is 8.12. The molecule has 9 heteroatoms. The maximum Gasteiger partial charge on any atom is 0.534 e. The zero-order chi connectivity index (χ0) is 14.0. The number of carbonyl (C=O) groups excluding carboxylic acids is 1. The highest BCUT2D eigenvalue weighted by Gasteiger charge is 2.48. The summed E-state index contributed by atoms with van der Waals surface area (Å²) in [5.41, 5.74) is -5.18. The minimum absolute atomic E-state index is 0.305. The van der Waals surface area contributed by atoms with Gasteiger partial charge in [0.2, 0.25) is 5.91 Å². The normalized spacial score (nSPS) is 12.0. The lowest BCUT2D eigenvalue weighted by atomic mass is 10.3. The fourth-order valence-electron chi connectivity index (χ4n) is 0.971. The summed E-state index contributed by atoms with van der Waals surface area (Å²) in [6.07, 6.45) is 0. The quantitative estimate of drug-likeness (QED) is 0.679. The van der Waals surface area contributed by atoms with Crippen LogP contribution in [0.1, 0.15) is 6.92 Å². The van der Waals surface area contributed by atoms with Gasteiger partial charge in [-0.1, -0.05) is 0 Å². The standard InChI is InChI=1S/C9H8F3NO4S/c1-6(14)13-7-2-4-8(5-3-7)17-18(15,16)9(10,11)12/h2-5H,1H3,(H,13,14). The van der Waals surface area contributed by atoms with Crippen molar-refractivity contribution in [2.45, 2.75) is 12.4 Å². The minimum Gasteiger partial charge on any atom is -0.376 e. The number of carbonyl (C=O) groups is 1. The summed E-state index contributed by atoms with van der Waals surface area (Å²) >= 11 is 0. The molecular weight excluding hydrogens is 275 g/mol. The summed E-state index contributed by atoms with van der Waals surface area (Å²) in [4.78, 5) is 10.7. The fraction of sp³-hybridized carbons (Fsp3) is 0.222. The van der Waals surface area contributed by atoms with Crippen molar-refractivity contribution in [2.24, 2.45) is 0 Å². The van der Waals surface area contributed by atoms with Gasteiger partial charge in [-0.2, -0.15) is 21.6 Å². The maximum atomic E-state index is 12.0. The number of hydrogen-bond acceptors (Lipinski definition) is 4. The van der Waals surface area contributed by atoms with Crippen LogP contribution in [0.5, 0.6) is 5.75 Å². The van der Waals surface area contributed by atoms with E-state index in [4.69, 9.17) is 0 Å². The first-order valence-corrected chi connectivity index (χ1v) is 5.91. The molecule has 0 unspecified atom stereocenters. The Balaban J connectivity index is 2.85. The van der Waals surface area contributed by atoms with E-state index in [-0.39, 0.29) is 5.91 Å². The average molecular weight is 283 g/mol. The van der Waals surface area contributed by atoms with Crippen molar-refractivity contribution in [1.82, 2.24) is 0 Å². The van der Waals surface area contributed by atoms with Gasteiger partial charge in [0.15, 0.2) is 0 Å². The predicted molar refractivity (Wildman–Crippen MR) is 56.3 cm³/mol. The van der Waals surface area contributed by atoms with E-state index in [9.17, 15) is 26.4 Å². The van der Waals surface area contributed by atoms with Gasteiger partial charge in [-0.25, -0.2) is 0 Å². The Bertz CT molecular complexity index is 536. The summed E-state index contributed by atoms with van der Waals surface area (Å²) in [6, 6.07) is 4.41. The summed E-state index contributed by atoms with van der Waals surface area (Å²) in [5, 5.41) is 2.36. The molecule has 0 heterocycles. The van der Waals surface area contributed by atoms with E-state index in [0.29, 0.717) is 5.69 Å². The van der Waals surface area contributed by atoms with Crippen LogP contribution in [-0.4, -0.2) is 19.8 Å². The number of alkyl halides is 3. The molecule has 0 aliphatic heterocycles. The first kappa shape index (κ1) is 14.3. The van der Waals surface area contributed by atoms with Crippen LogP contribution in [-0.2, 0) is 14.9 Å². The molecule has 1 N–H and O–H groups in total. The van der Waals surface area contributed by atoms with Gasteiger partial charge in [-0.3, -0.25) is 4.79 Å². The van der Waals surface area contributed by atoms with E-state index in [1.165, 1.54) is 19.1 Å². The Hall–Kier alpha value is -1.77. The zero-order valence-electron chi connectivity index (χ0n) is 8.98. The summed E-state index contributed by atoms with van der Waals surface area (Å²) in [5.74, 6) is -0.868. The van der Waals surface area contributed by atoms with Crippen LogP contribution in [0.2, 0.25) is 0 Å². The van der Waals surface area contributed by atoms with Gasteiger partial charge in [0.25, 0.3) is 0 Å². The molecule has 1 aromatic carbocycles. The number of amides is 1. The van der Waals surface area contributed by atoms with Crippen molar-refractivity contribution in [1.29, 1.82) is 0 Å². The molecule has 0 aromatic heterocycles. The Labute approximate surface area is 101 Å². The van der Waals surface area contributed by atoms with E-state index < -0.39 is 21.4 Å². The lowest BCUT2D eigenvalue weighted by Crippen LogP contribution is -2.28. The lowest BCUT2D eigenvalue weighted by Gasteiger charge is -2.09. The Morgan fingerprint density at radius 2 is 1.72 bits per heavy atom. The second-order valence-corrected chi connectivity index (χ2v) is 4.73. The molecule has 0 fully saturated rings. The Morgan fingerprint density at radius 1 is 1.22 bits per heavy atom. The second-order valence-electron chi connectivity index (χ2n) is 3.19. The van der Waals surface area contributed by atoms with Crippen molar-refractivity contribution in [2.75, 3.05) is 5.32 Å². The third kappa shape index (κ3) is 3.62. The van der Waals surface area contributed by atoms with Crippen LogP contribution in [0.25, 0.3) is 0 Å². The number of anilines is 1. The largest absolute Gasteiger partial charge is 0.534 e. The monoisotopic (exact) mass is 283 g/mol. The number of benzene rings is 1. The molecule has 0 bridgehead atoms. The van der Waals surface area contributed by atoms with Gasteiger partial charge < -0.3 is 9.50 Å². The predicted octanol–water partition coefficient (Wildman–Crippen LogP) is 1.87. The van der Waals surface area contributed by atoms with Crippen LogP contribution in [0.15, 0.2) is 24.3 Å². The smallest absolute Gasteiger partial charge is 0.376 e. The molecule has 1 rings (SSSR count). The van der Waals surface area contributed by atoms with E-state index in [1.807, 2.05) is 0 Å². The molecule has 100 valence electrons. The topological polar surface area (TPSA) is 72.5 Å². The average Bonchev–Trinajstić information content (AvgIpc) is 2.18. The summed E-state index contributed by atoms with van der Waals surface area (Å²) < 4.78 is 61.2. The van der Waals surface area contributed by atoms with E-state index in [2.05, 4.69) is 9.50 Å². The van der Waals surface area contributed by atoms with Gasteiger partial charge in [0.05, 0.1) is 0 Å². The molecule has 0 saturated heterocycles. The molecule has 0 spiro atoms. The molecule has 0 saturated carbocycles. The van der Waals surface area contributed by atoms with E-state index in [1.54, 1.807) is 0 Å². The van der Waals surface area contributed by atoms with Crippen LogP contribution < -0.4 is 9.50 Å². The van der Waals surface area contributed by atoms with Gasteiger partial charge in [-0.15, -0.1) is 0 Å². The summed E-state index contributed by atoms with van der Waals surface area (Å²) in [7, 11) is -5.67. The van der Waals surface area contributed by atoms with Crippen molar-refractivity contribution >= 4 is 21.7 Å². The van der Waals surface area contributed by atoms with Crippen LogP contribution in [0, 0.1) is 0 Å². The van der Waals surface area contributed by atoms with Crippen LogP contribution >= 0.6 is 0 Å². The van der Waals surface area contributed by atoms with Gasteiger partial charge in [0, 0.05) is 12.6 Å². The Morgan fingerprint density at radius 3 is 2.11 bits per heavy atom. The number of rotatable bonds is 3. The third-order valence-corrected chi connectivity index (χ3v) is 2.64. The highest BCUT2D eigenvalue weighted by atomic mass is 32.2. The molecule has 0 radical (unpaired) electrons. The second kappa shape index (κ2) is 4.84. The lowest BCUT2D eigenvalue weighted by molar-refractivity contribution is -0.114. The molecule has 0 aliphatic carbocycles. The van der Waals surface area contributed by atoms with Crippen molar-refractivity contribution < 1.29 is 30.6 Å². The molecule has 1 aromatic rings. The van der Waals surface area contributed by atoms with Gasteiger partial charge in [-0.05, 0) is 24.3 Å². The van der Waals surface area contributed by atoms with E-state index in [0.717, 1.165) is 12.1 Å². The van der Waals surface area contributed by atoms with Crippen molar-refractivity contribution in [3.8, 4) is 5.75 Å². The molecule has 5 nitrogen and oxygen atoms in total. The number of nitrogens with one attached hydrogen (secondary N) is 1. The van der Waals surface area contributed by atoms with Crippen LogP contribution in [0.4, 0.5) is 18.9 Å². The zero-order valence-corrected chi connectivity index (χ0v) is 9.80. The summed E-state index contributed by atoms with van der Waals surface area (Å²) in [6.45, 7) is 1.25. The molecule has 0 aliphatic rings. The highest BCUT2D eigenvalue weighted by molar-refractivity contribution is 7.87. The number of hydrogen-bond donors (Lipinski definition) is 1. The maximum absolute atomic E-state index is 12.0. The first-order valence-electron chi connectivity index (χ1n) is 4.50.